The molecular weight excluding hydrogens is 234 g/mol. The minimum atomic E-state index is 0.538. The second-order valence-corrected chi connectivity index (χ2v) is 6.01. The van der Waals surface area contributed by atoms with Crippen LogP contribution in [0.25, 0.3) is 0 Å². The maximum Gasteiger partial charge on any atom is 0.122 e. The van der Waals surface area contributed by atoms with E-state index in [4.69, 9.17) is 4.74 Å². The van der Waals surface area contributed by atoms with Crippen LogP contribution in [0.1, 0.15) is 50.5 Å². The molecule has 1 saturated carbocycles. The van der Waals surface area contributed by atoms with E-state index in [1.807, 2.05) is 0 Å². The van der Waals surface area contributed by atoms with Gasteiger partial charge in [0.15, 0.2) is 0 Å². The second kappa shape index (κ2) is 5.96. The highest BCUT2D eigenvalue weighted by atomic mass is 16.5. The second-order valence-electron chi connectivity index (χ2n) is 6.01. The lowest BCUT2D eigenvalue weighted by atomic mass is 9.82. The number of ether oxygens (including phenoxy) is 1. The van der Waals surface area contributed by atoms with Crippen LogP contribution in [0.15, 0.2) is 24.3 Å². The van der Waals surface area contributed by atoms with Gasteiger partial charge in [-0.1, -0.05) is 44.4 Å². The SMILES string of the molecule is CCC1CCCCC1NCC1COc2ccccc21. The van der Waals surface area contributed by atoms with Gasteiger partial charge in [0.25, 0.3) is 0 Å². The van der Waals surface area contributed by atoms with E-state index in [-0.39, 0.29) is 0 Å². The Morgan fingerprint density at radius 2 is 2.05 bits per heavy atom. The molecule has 2 heteroatoms. The predicted octanol–water partition coefficient (Wildman–Crippen LogP) is 3.72. The smallest absolute Gasteiger partial charge is 0.122 e. The van der Waals surface area contributed by atoms with E-state index in [2.05, 4.69) is 36.5 Å². The van der Waals surface area contributed by atoms with Crippen LogP contribution in [0.4, 0.5) is 0 Å². The van der Waals surface area contributed by atoms with E-state index in [0.717, 1.165) is 30.9 Å². The molecule has 0 saturated heterocycles. The van der Waals surface area contributed by atoms with Gasteiger partial charge < -0.3 is 10.1 Å². The Kier molecular flexibility index (Phi) is 4.07. The molecule has 104 valence electrons. The summed E-state index contributed by atoms with van der Waals surface area (Å²) in [6.45, 7) is 4.24. The zero-order valence-corrected chi connectivity index (χ0v) is 11.9. The van der Waals surface area contributed by atoms with Crippen molar-refractivity contribution in [1.29, 1.82) is 0 Å². The van der Waals surface area contributed by atoms with Gasteiger partial charge in [-0.2, -0.15) is 0 Å². The third-order valence-corrected chi connectivity index (χ3v) is 4.86. The zero-order chi connectivity index (χ0) is 13.1. The molecule has 3 rings (SSSR count). The summed E-state index contributed by atoms with van der Waals surface area (Å²) in [4.78, 5) is 0. The van der Waals surface area contributed by atoms with Gasteiger partial charge in [0.1, 0.15) is 5.75 Å². The van der Waals surface area contributed by atoms with Crippen molar-refractivity contribution >= 4 is 0 Å². The molecule has 2 nitrogen and oxygen atoms in total. The number of hydrogen-bond donors (Lipinski definition) is 1. The maximum atomic E-state index is 5.76. The normalized spacial score (nSPS) is 29.8. The van der Waals surface area contributed by atoms with Gasteiger partial charge in [-0.3, -0.25) is 0 Å². The zero-order valence-electron chi connectivity index (χ0n) is 11.9. The molecule has 1 aliphatic carbocycles. The van der Waals surface area contributed by atoms with E-state index >= 15 is 0 Å². The molecule has 3 unspecified atom stereocenters. The fourth-order valence-electron chi connectivity index (χ4n) is 3.66. The van der Waals surface area contributed by atoms with Crippen LogP contribution in [-0.4, -0.2) is 19.2 Å². The molecule has 1 N–H and O–H groups in total. The van der Waals surface area contributed by atoms with Crippen molar-refractivity contribution in [2.24, 2.45) is 5.92 Å². The Morgan fingerprint density at radius 3 is 2.95 bits per heavy atom. The van der Waals surface area contributed by atoms with E-state index in [9.17, 15) is 0 Å². The number of benzene rings is 1. The summed E-state index contributed by atoms with van der Waals surface area (Å²) in [6.07, 6.45) is 6.90. The Labute approximate surface area is 116 Å². The van der Waals surface area contributed by atoms with Crippen LogP contribution in [-0.2, 0) is 0 Å². The largest absolute Gasteiger partial charge is 0.493 e. The third-order valence-electron chi connectivity index (χ3n) is 4.86. The molecule has 2 aliphatic rings. The minimum Gasteiger partial charge on any atom is -0.493 e. The summed E-state index contributed by atoms with van der Waals surface area (Å²) in [5, 5.41) is 3.83. The molecule has 1 aromatic carbocycles. The van der Waals surface area contributed by atoms with E-state index in [1.165, 1.54) is 37.7 Å². The van der Waals surface area contributed by atoms with Gasteiger partial charge in [-0.25, -0.2) is 0 Å². The van der Waals surface area contributed by atoms with Crippen LogP contribution in [0.2, 0.25) is 0 Å². The van der Waals surface area contributed by atoms with Crippen molar-refractivity contribution in [3.63, 3.8) is 0 Å². The van der Waals surface area contributed by atoms with Crippen molar-refractivity contribution in [2.75, 3.05) is 13.2 Å². The lowest BCUT2D eigenvalue weighted by molar-refractivity contribution is 0.245. The summed E-state index contributed by atoms with van der Waals surface area (Å²) in [5.74, 6) is 2.51. The predicted molar refractivity (Wildman–Crippen MR) is 78.7 cm³/mol. The van der Waals surface area contributed by atoms with Gasteiger partial charge in [0, 0.05) is 24.1 Å². The molecule has 1 heterocycles. The van der Waals surface area contributed by atoms with Crippen molar-refractivity contribution in [3.05, 3.63) is 29.8 Å². The van der Waals surface area contributed by atoms with Crippen LogP contribution in [0.3, 0.4) is 0 Å². The highest BCUT2D eigenvalue weighted by molar-refractivity contribution is 5.39. The van der Waals surface area contributed by atoms with E-state index in [0.29, 0.717) is 5.92 Å². The first-order chi connectivity index (χ1) is 9.38. The minimum absolute atomic E-state index is 0.538. The third kappa shape index (κ3) is 2.79. The average Bonchev–Trinajstić information content (AvgIpc) is 2.89. The summed E-state index contributed by atoms with van der Waals surface area (Å²) >= 11 is 0. The topological polar surface area (TPSA) is 21.3 Å². The summed E-state index contributed by atoms with van der Waals surface area (Å²) < 4.78 is 5.76. The van der Waals surface area contributed by atoms with Gasteiger partial charge in [0.05, 0.1) is 6.61 Å². The van der Waals surface area contributed by atoms with Gasteiger partial charge >= 0.3 is 0 Å². The number of rotatable bonds is 4. The van der Waals surface area contributed by atoms with Crippen molar-refractivity contribution in [2.45, 2.75) is 51.0 Å². The molecule has 1 fully saturated rings. The molecule has 0 spiro atoms. The fourth-order valence-corrected chi connectivity index (χ4v) is 3.66. The molecule has 0 bridgehead atoms. The number of fused-ring (bicyclic) bond motifs is 1. The quantitative estimate of drug-likeness (QED) is 0.889. The van der Waals surface area contributed by atoms with E-state index < -0.39 is 0 Å². The standard InChI is InChI=1S/C17H25NO/c1-2-13-7-3-5-9-16(13)18-11-14-12-19-17-10-6-4-8-15(14)17/h4,6,8,10,13-14,16,18H,2-3,5,7,9,11-12H2,1H3. The van der Waals surface area contributed by atoms with Crippen molar-refractivity contribution in [3.8, 4) is 5.75 Å². The van der Waals surface area contributed by atoms with Crippen molar-refractivity contribution in [1.82, 2.24) is 5.32 Å². The first kappa shape index (κ1) is 13.0. The highest BCUT2D eigenvalue weighted by Crippen LogP contribution is 2.33. The molecule has 0 amide bonds. The Balaban J connectivity index is 1.58. The van der Waals surface area contributed by atoms with Gasteiger partial charge in [-0.05, 0) is 24.8 Å². The Hall–Kier alpha value is -1.02. The van der Waals surface area contributed by atoms with Crippen LogP contribution in [0.5, 0.6) is 5.75 Å². The molecule has 19 heavy (non-hydrogen) atoms. The molecule has 0 aromatic heterocycles. The first-order valence-corrected chi connectivity index (χ1v) is 7.83. The number of para-hydroxylation sites is 1. The average molecular weight is 259 g/mol. The lowest BCUT2D eigenvalue weighted by Crippen LogP contribution is -2.40. The first-order valence-electron chi connectivity index (χ1n) is 7.83. The van der Waals surface area contributed by atoms with Crippen molar-refractivity contribution < 1.29 is 4.74 Å². The summed E-state index contributed by atoms with van der Waals surface area (Å²) in [5.41, 5.74) is 1.39. The van der Waals surface area contributed by atoms with Crippen LogP contribution in [0, 0.1) is 5.92 Å². The molecule has 1 aliphatic heterocycles. The Morgan fingerprint density at radius 1 is 1.21 bits per heavy atom. The number of nitrogens with one attached hydrogen (secondary N) is 1. The van der Waals surface area contributed by atoms with Gasteiger partial charge in [0.2, 0.25) is 0 Å². The summed E-state index contributed by atoms with van der Waals surface area (Å²) in [6, 6.07) is 9.21. The van der Waals surface area contributed by atoms with Gasteiger partial charge in [-0.15, -0.1) is 0 Å². The monoisotopic (exact) mass is 259 g/mol. The maximum absolute atomic E-state index is 5.76. The lowest BCUT2D eigenvalue weighted by Gasteiger charge is -2.32. The Bertz CT molecular complexity index is 417. The molecule has 0 radical (unpaired) electrons. The highest BCUT2D eigenvalue weighted by Gasteiger charge is 2.27. The van der Waals surface area contributed by atoms with E-state index in [1.54, 1.807) is 0 Å². The van der Waals surface area contributed by atoms with Crippen LogP contribution >= 0.6 is 0 Å². The fraction of sp³-hybridized carbons (Fsp3) is 0.647. The molecular formula is C17H25NO. The summed E-state index contributed by atoms with van der Waals surface area (Å²) in [7, 11) is 0. The number of hydrogen-bond acceptors (Lipinski definition) is 2. The molecule has 3 atom stereocenters. The van der Waals surface area contributed by atoms with Crippen LogP contribution < -0.4 is 10.1 Å². The molecule has 1 aromatic rings.